The third-order valence-corrected chi connectivity index (χ3v) is 4.96. The van der Waals surface area contributed by atoms with Crippen molar-refractivity contribution in [1.29, 1.82) is 0 Å². The Balaban J connectivity index is 1.62. The summed E-state index contributed by atoms with van der Waals surface area (Å²) in [6.45, 7) is 9.96. The zero-order chi connectivity index (χ0) is 12.8. The van der Waals surface area contributed by atoms with Gasteiger partial charge in [0.05, 0.1) is 0 Å². The molecule has 1 aliphatic carbocycles. The normalized spacial score (nSPS) is 35.3. The predicted octanol–water partition coefficient (Wildman–Crippen LogP) is 3.28. The molecule has 2 rings (SSSR count). The smallest absolute Gasteiger partial charge is 0.0107 e. The molecule has 0 aromatic heterocycles. The van der Waals surface area contributed by atoms with Gasteiger partial charge in [0.15, 0.2) is 0 Å². The van der Waals surface area contributed by atoms with E-state index in [1.165, 1.54) is 71.1 Å². The van der Waals surface area contributed by atoms with E-state index < -0.39 is 0 Å². The molecule has 2 heteroatoms. The first kappa shape index (κ1) is 14.3. The highest BCUT2D eigenvalue weighted by Gasteiger charge is 2.24. The third kappa shape index (κ3) is 4.55. The molecule has 2 fully saturated rings. The molecule has 0 aromatic carbocycles. The van der Waals surface area contributed by atoms with Crippen LogP contribution in [0.15, 0.2) is 0 Å². The van der Waals surface area contributed by atoms with Gasteiger partial charge in [0.1, 0.15) is 0 Å². The maximum Gasteiger partial charge on any atom is 0.0107 e. The molecule has 1 heterocycles. The van der Waals surface area contributed by atoms with Gasteiger partial charge in [-0.25, -0.2) is 0 Å². The lowest BCUT2D eigenvalue weighted by Gasteiger charge is -2.34. The van der Waals surface area contributed by atoms with Gasteiger partial charge in [0.25, 0.3) is 0 Å². The van der Waals surface area contributed by atoms with Crippen molar-refractivity contribution < 1.29 is 0 Å². The number of hydrogen-bond donors (Lipinski definition) is 1. The number of nitrogens with zero attached hydrogens (tertiary/aromatic N) is 1. The largest absolute Gasteiger partial charge is 0.312 e. The second kappa shape index (κ2) is 7.49. The van der Waals surface area contributed by atoms with Gasteiger partial charge in [0.2, 0.25) is 0 Å². The zero-order valence-corrected chi connectivity index (χ0v) is 12.5. The highest BCUT2D eigenvalue weighted by Crippen LogP contribution is 2.28. The Morgan fingerprint density at radius 1 is 1.00 bits per heavy atom. The van der Waals surface area contributed by atoms with Crippen LogP contribution in [0.2, 0.25) is 0 Å². The molecule has 1 aliphatic heterocycles. The van der Waals surface area contributed by atoms with E-state index >= 15 is 0 Å². The highest BCUT2D eigenvalue weighted by molar-refractivity contribution is 4.81. The van der Waals surface area contributed by atoms with Gasteiger partial charge >= 0.3 is 0 Å². The highest BCUT2D eigenvalue weighted by atomic mass is 15.1. The zero-order valence-electron chi connectivity index (χ0n) is 12.5. The van der Waals surface area contributed by atoms with Crippen molar-refractivity contribution in [1.82, 2.24) is 10.2 Å². The molecular formula is C16H32N2. The topological polar surface area (TPSA) is 15.3 Å². The SMILES string of the molecule is CC1CCC(NCCN2CCCCCC2)C(C)C1. The van der Waals surface area contributed by atoms with E-state index in [1.54, 1.807) is 0 Å². The van der Waals surface area contributed by atoms with Gasteiger partial charge in [0, 0.05) is 19.1 Å². The molecule has 106 valence electrons. The summed E-state index contributed by atoms with van der Waals surface area (Å²) in [5, 5.41) is 3.82. The van der Waals surface area contributed by atoms with Gasteiger partial charge < -0.3 is 10.2 Å². The van der Waals surface area contributed by atoms with Gasteiger partial charge in [-0.1, -0.05) is 26.7 Å². The fourth-order valence-electron chi connectivity index (χ4n) is 3.74. The average molecular weight is 252 g/mol. The second-order valence-corrected chi connectivity index (χ2v) is 6.71. The van der Waals surface area contributed by atoms with Crippen molar-refractivity contribution in [2.75, 3.05) is 26.2 Å². The van der Waals surface area contributed by atoms with Gasteiger partial charge in [-0.2, -0.15) is 0 Å². The van der Waals surface area contributed by atoms with Crippen LogP contribution in [0.3, 0.4) is 0 Å². The van der Waals surface area contributed by atoms with Crippen LogP contribution >= 0.6 is 0 Å². The summed E-state index contributed by atoms with van der Waals surface area (Å²) in [5.41, 5.74) is 0. The molecule has 0 amide bonds. The molecular weight excluding hydrogens is 220 g/mol. The molecule has 18 heavy (non-hydrogen) atoms. The summed E-state index contributed by atoms with van der Waals surface area (Å²) in [4.78, 5) is 2.66. The first-order valence-electron chi connectivity index (χ1n) is 8.21. The van der Waals surface area contributed by atoms with E-state index in [0.29, 0.717) is 0 Å². The molecule has 0 aromatic rings. The summed E-state index contributed by atoms with van der Waals surface area (Å²) >= 11 is 0. The third-order valence-electron chi connectivity index (χ3n) is 4.96. The van der Waals surface area contributed by atoms with Crippen LogP contribution in [0, 0.1) is 11.8 Å². The van der Waals surface area contributed by atoms with Crippen molar-refractivity contribution in [2.24, 2.45) is 11.8 Å². The quantitative estimate of drug-likeness (QED) is 0.826. The van der Waals surface area contributed by atoms with E-state index in [1.807, 2.05) is 0 Å². The average Bonchev–Trinajstić information content (AvgIpc) is 2.60. The summed E-state index contributed by atoms with van der Waals surface area (Å²) in [7, 11) is 0. The second-order valence-electron chi connectivity index (χ2n) is 6.71. The Hall–Kier alpha value is -0.0800. The molecule has 0 bridgehead atoms. The molecule has 1 N–H and O–H groups in total. The summed E-state index contributed by atoms with van der Waals surface area (Å²) < 4.78 is 0. The van der Waals surface area contributed by atoms with Crippen molar-refractivity contribution in [2.45, 2.75) is 64.8 Å². The lowest BCUT2D eigenvalue weighted by atomic mass is 9.80. The van der Waals surface area contributed by atoms with Crippen molar-refractivity contribution in [3.63, 3.8) is 0 Å². The Bertz CT molecular complexity index is 221. The number of hydrogen-bond acceptors (Lipinski definition) is 2. The van der Waals surface area contributed by atoms with E-state index in [9.17, 15) is 0 Å². The number of likely N-dealkylation sites (tertiary alicyclic amines) is 1. The van der Waals surface area contributed by atoms with Gasteiger partial charge in [-0.05, 0) is 57.0 Å². The van der Waals surface area contributed by atoms with Gasteiger partial charge in [-0.3, -0.25) is 0 Å². The minimum atomic E-state index is 0.785. The Kier molecular flexibility index (Phi) is 5.97. The Labute approximate surface area is 114 Å². The maximum absolute atomic E-state index is 3.82. The van der Waals surface area contributed by atoms with Crippen LogP contribution in [0.4, 0.5) is 0 Å². The van der Waals surface area contributed by atoms with Crippen LogP contribution in [-0.2, 0) is 0 Å². The first-order chi connectivity index (χ1) is 8.75. The van der Waals surface area contributed by atoms with Crippen LogP contribution in [0.25, 0.3) is 0 Å². The van der Waals surface area contributed by atoms with Crippen molar-refractivity contribution in [3.05, 3.63) is 0 Å². The van der Waals surface area contributed by atoms with E-state index in [-0.39, 0.29) is 0 Å². The van der Waals surface area contributed by atoms with E-state index in [2.05, 4.69) is 24.1 Å². The standard InChI is InChI=1S/C16H32N2/c1-14-7-8-16(15(2)13-14)17-9-12-18-10-5-3-4-6-11-18/h14-17H,3-13H2,1-2H3. The van der Waals surface area contributed by atoms with Crippen molar-refractivity contribution in [3.8, 4) is 0 Å². The fourth-order valence-corrected chi connectivity index (χ4v) is 3.74. The minimum absolute atomic E-state index is 0.785. The molecule has 2 aliphatic rings. The number of nitrogens with one attached hydrogen (secondary N) is 1. The summed E-state index contributed by atoms with van der Waals surface area (Å²) in [5.74, 6) is 1.82. The van der Waals surface area contributed by atoms with Gasteiger partial charge in [-0.15, -0.1) is 0 Å². The minimum Gasteiger partial charge on any atom is -0.312 e. The first-order valence-corrected chi connectivity index (χ1v) is 8.21. The summed E-state index contributed by atoms with van der Waals surface area (Å²) in [6.07, 6.45) is 9.95. The lowest BCUT2D eigenvalue weighted by Crippen LogP contribution is -2.43. The van der Waals surface area contributed by atoms with Crippen molar-refractivity contribution >= 4 is 0 Å². The number of rotatable bonds is 4. The molecule has 1 saturated heterocycles. The lowest BCUT2D eigenvalue weighted by molar-refractivity contribution is 0.214. The van der Waals surface area contributed by atoms with E-state index in [4.69, 9.17) is 0 Å². The molecule has 3 unspecified atom stereocenters. The molecule has 1 saturated carbocycles. The molecule has 0 spiro atoms. The molecule has 3 atom stereocenters. The van der Waals surface area contributed by atoms with Crippen LogP contribution in [0.5, 0.6) is 0 Å². The molecule has 0 radical (unpaired) electrons. The maximum atomic E-state index is 3.82. The Morgan fingerprint density at radius 3 is 2.39 bits per heavy atom. The van der Waals surface area contributed by atoms with Crippen LogP contribution in [-0.4, -0.2) is 37.1 Å². The molecule has 2 nitrogen and oxygen atoms in total. The van der Waals surface area contributed by atoms with Crippen LogP contribution in [0.1, 0.15) is 58.8 Å². The monoisotopic (exact) mass is 252 g/mol. The Morgan fingerprint density at radius 2 is 1.72 bits per heavy atom. The van der Waals surface area contributed by atoms with E-state index in [0.717, 1.165) is 17.9 Å². The predicted molar refractivity (Wildman–Crippen MR) is 78.9 cm³/mol. The summed E-state index contributed by atoms with van der Waals surface area (Å²) in [6, 6.07) is 0.785. The van der Waals surface area contributed by atoms with Crippen LogP contribution < -0.4 is 5.32 Å². The fraction of sp³-hybridized carbons (Fsp3) is 1.00.